The lowest BCUT2D eigenvalue weighted by Gasteiger charge is -2.35. The van der Waals surface area contributed by atoms with Crippen molar-refractivity contribution in [2.45, 2.75) is 33.0 Å². The summed E-state index contributed by atoms with van der Waals surface area (Å²) in [5, 5.41) is 0. The molecular formula is C24H27N. The second-order valence-corrected chi connectivity index (χ2v) is 6.98. The highest BCUT2D eigenvalue weighted by atomic mass is 15.2. The number of benzene rings is 3. The summed E-state index contributed by atoms with van der Waals surface area (Å²) in [5.41, 5.74) is 4.12. The quantitative estimate of drug-likeness (QED) is 0.507. The average Bonchev–Trinajstić information content (AvgIpc) is 2.64. The molecule has 1 atom stereocenters. The van der Waals surface area contributed by atoms with Crippen molar-refractivity contribution < 1.29 is 0 Å². The summed E-state index contributed by atoms with van der Waals surface area (Å²) in [4.78, 5) is 2.60. The van der Waals surface area contributed by atoms with E-state index in [4.69, 9.17) is 0 Å². The average molecular weight is 329 g/mol. The van der Waals surface area contributed by atoms with Gasteiger partial charge in [-0.3, -0.25) is 4.90 Å². The molecule has 3 rings (SSSR count). The molecule has 0 spiro atoms. The lowest BCUT2D eigenvalue weighted by Crippen LogP contribution is -2.31. The predicted octanol–water partition coefficient (Wildman–Crippen LogP) is 6.09. The van der Waals surface area contributed by atoms with Gasteiger partial charge in [-0.25, -0.2) is 0 Å². The molecule has 0 saturated carbocycles. The zero-order chi connectivity index (χ0) is 17.5. The molecule has 0 aliphatic carbocycles. The number of rotatable bonds is 7. The van der Waals surface area contributed by atoms with Gasteiger partial charge in [0.1, 0.15) is 0 Å². The molecule has 128 valence electrons. The first-order chi connectivity index (χ1) is 12.2. The molecule has 0 aromatic heterocycles. The van der Waals surface area contributed by atoms with Gasteiger partial charge in [-0.1, -0.05) is 105 Å². The molecule has 0 radical (unpaired) electrons. The number of hydrogen-bond acceptors (Lipinski definition) is 1. The zero-order valence-corrected chi connectivity index (χ0v) is 15.2. The normalized spacial score (nSPS) is 12.5. The van der Waals surface area contributed by atoms with Crippen LogP contribution in [0.5, 0.6) is 0 Å². The van der Waals surface area contributed by atoms with Gasteiger partial charge in [-0.2, -0.15) is 0 Å². The molecule has 1 nitrogen and oxygen atoms in total. The lowest BCUT2D eigenvalue weighted by molar-refractivity contribution is 0.138. The van der Waals surface area contributed by atoms with Crippen LogP contribution in [0.4, 0.5) is 0 Å². The van der Waals surface area contributed by atoms with Crippen LogP contribution in [-0.4, -0.2) is 4.90 Å². The van der Waals surface area contributed by atoms with Crippen LogP contribution in [0, 0.1) is 5.92 Å². The molecule has 1 heteroatoms. The highest BCUT2D eigenvalue weighted by molar-refractivity contribution is 5.22. The predicted molar refractivity (Wildman–Crippen MR) is 106 cm³/mol. The first-order valence-electron chi connectivity index (χ1n) is 9.11. The topological polar surface area (TPSA) is 3.24 Å². The molecule has 0 amide bonds. The van der Waals surface area contributed by atoms with Crippen molar-refractivity contribution in [3.8, 4) is 0 Å². The first kappa shape index (κ1) is 17.4. The van der Waals surface area contributed by atoms with Crippen LogP contribution < -0.4 is 0 Å². The maximum absolute atomic E-state index is 2.60. The van der Waals surface area contributed by atoms with Crippen LogP contribution in [0.2, 0.25) is 0 Å². The van der Waals surface area contributed by atoms with E-state index < -0.39 is 0 Å². The van der Waals surface area contributed by atoms with E-state index >= 15 is 0 Å². The molecule has 3 aromatic rings. The largest absolute Gasteiger partial charge is 0.288 e. The van der Waals surface area contributed by atoms with E-state index in [1.807, 2.05) is 0 Å². The van der Waals surface area contributed by atoms with Crippen LogP contribution >= 0.6 is 0 Å². The summed E-state index contributed by atoms with van der Waals surface area (Å²) in [7, 11) is 0. The fourth-order valence-electron chi connectivity index (χ4n) is 3.56. The van der Waals surface area contributed by atoms with Crippen LogP contribution in [-0.2, 0) is 13.1 Å². The van der Waals surface area contributed by atoms with Gasteiger partial charge >= 0.3 is 0 Å². The van der Waals surface area contributed by atoms with Gasteiger partial charge in [-0.05, 0) is 22.6 Å². The van der Waals surface area contributed by atoms with Crippen molar-refractivity contribution in [2.75, 3.05) is 0 Å². The van der Waals surface area contributed by atoms with Crippen LogP contribution in [0.3, 0.4) is 0 Å². The summed E-state index contributed by atoms with van der Waals surface area (Å²) in [6.07, 6.45) is 0. The third-order valence-corrected chi connectivity index (χ3v) is 4.62. The SMILES string of the molecule is CC(C)C(c1ccccc1)N(Cc1ccccc1)Cc1ccccc1. The summed E-state index contributed by atoms with van der Waals surface area (Å²) in [5.74, 6) is 0.537. The lowest BCUT2D eigenvalue weighted by atomic mass is 9.93. The molecule has 0 fully saturated rings. The van der Waals surface area contributed by atoms with E-state index in [1.165, 1.54) is 16.7 Å². The maximum Gasteiger partial charge on any atom is 0.0378 e. The Labute approximate surface area is 151 Å². The molecule has 1 unspecified atom stereocenters. The van der Waals surface area contributed by atoms with Gasteiger partial charge in [0.2, 0.25) is 0 Å². The summed E-state index contributed by atoms with van der Waals surface area (Å²) >= 11 is 0. The van der Waals surface area contributed by atoms with E-state index in [-0.39, 0.29) is 0 Å². The van der Waals surface area contributed by atoms with Gasteiger partial charge < -0.3 is 0 Å². The van der Waals surface area contributed by atoms with Crippen LogP contribution in [0.25, 0.3) is 0 Å². The molecule has 0 saturated heterocycles. The van der Waals surface area contributed by atoms with Crippen molar-refractivity contribution in [2.24, 2.45) is 5.92 Å². The zero-order valence-electron chi connectivity index (χ0n) is 15.2. The minimum absolute atomic E-state index is 0.390. The highest BCUT2D eigenvalue weighted by Crippen LogP contribution is 2.31. The molecule has 0 bridgehead atoms. The Balaban J connectivity index is 1.93. The molecule has 0 aliphatic heterocycles. The number of hydrogen-bond donors (Lipinski definition) is 0. The van der Waals surface area contributed by atoms with E-state index in [0.717, 1.165) is 13.1 Å². The Morgan fingerprint density at radius 3 is 1.40 bits per heavy atom. The summed E-state index contributed by atoms with van der Waals surface area (Å²) in [6, 6.07) is 32.9. The smallest absolute Gasteiger partial charge is 0.0378 e. The van der Waals surface area contributed by atoms with E-state index in [2.05, 4.69) is 110 Å². The first-order valence-corrected chi connectivity index (χ1v) is 9.11. The molecule has 0 N–H and O–H groups in total. The van der Waals surface area contributed by atoms with Gasteiger partial charge in [0.15, 0.2) is 0 Å². The van der Waals surface area contributed by atoms with Crippen LogP contribution in [0.1, 0.15) is 36.6 Å². The standard InChI is InChI=1S/C24H27N/c1-20(2)24(23-16-10-5-11-17-23)25(18-21-12-6-3-7-13-21)19-22-14-8-4-9-15-22/h3-17,20,24H,18-19H2,1-2H3. The molecule has 0 aliphatic rings. The Bertz CT molecular complexity index is 693. The Morgan fingerprint density at radius 2 is 1.00 bits per heavy atom. The minimum Gasteiger partial charge on any atom is -0.288 e. The fraction of sp³-hybridized carbons (Fsp3) is 0.250. The third kappa shape index (κ3) is 4.80. The van der Waals surface area contributed by atoms with Crippen molar-refractivity contribution in [3.63, 3.8) is 0 Å². The van der Waals surface area contributed by atoms with Crippen LogP contribution in [0.15, 0.2) is 91.0 Å². The van der Waals surface area contributed by atoms with Gasteiger partial charge in [0.25, 0.3) is 0 Å². The van der Waals surface area contributed by atoms with Gasteiger partial charge in [0, 0.05) is 19.1 Å². The van der Waals surface area contributed by atoms with E-state index in [9.17, 15) is 0 Å². The summed E-state index contributed by atoms with van der Waals surface area (Å²) in [6.45, 7) is 6.54. The van der Waals surface area contributed by atoms with Crippen molar-refractivity contribution in [3.05, 3.63) is 108 Å². The Morgan fingerprint density at radius 1 is 0.600 bits per heavy atom. The monoisotopic (exact) mass is 329 g/mol. The highest BCUT2D eigenvalue weighted by Gasteiger charge is 2.24. The maximum atomic E-state index is 2.60. The molecular weight excluding hydrogens is 302 g/mol. The molecule has 3 aromatic carbocycles. The van der Waals surface area contributed by atoms with Gasteiger partial charge in [-0.15, -0.1) is 0 Å². The van der Waals surface area contributed by atoms with E-state index in [0.29, 0.717) is 12.0 Å². The third-order valence-electron chi connectivity index (χ3n) is 4.62. The van der Waals surface area contributed by atoms with E-state index in [1.54, 1.807) is 0 Å². The molecule has 25 heavy (non-hydrogen) atoms. The fourth-order valence-corrected chi connectivity index (χ4v) is 3.56. The van der Waals surface area contributed by atoms with Crippen molar-refractivity contribution >= 4 is 0 Å². The van der Waals surface area contributed by atoms with Crippen molar-refractivity contribution in [1.29, 1.82) is 0 Å². The van der Waals surface area contributed by atoms with Gasteiger partial charge in [0.05, 0.1) is 0 Å². The van der Waals surface area contributed by atoms with Crippen molar-refractivity contribution in [1.82, 2.24) is 4.90 Å². The summed E-state index contributed by atoms with van der Waals surface area (Å²) < 4.78 is 0. The second kappa shape index (κ2) is 8.64. The second-order valence-electron chi connectivity index (χ2n) is 6.98. The Kier molecular flexibility index (Phi) is 6.03. The minimum atomic E-state index is 0.390. The number of nitrogens with zero attached hydrogens (tertiary/aromatic N) is 1. The Hall–Kier alpha value is -2.38. The molecule has 0 heterocycles.